The molecule has 0 atom stereocenters. The number of hydrogen-bond donors (Lipinski definition) is 1. The second-order valence-corrected chi connectivity index (χ2v) is 8.21. The molecule has 1 aromatic carbocycles. The number of ether oxygens (including phenoxy) is 1. The van der Waals surface area contributed by atoms with E-state index in [2.05, 4.69) is 9.36 Å². The van der Waals surface area contributed by atoms with Gasteiger partial charge in [0.05, 0.1) is 11.5 Å². The smallest absolute Gasteiger partial charge is 0.235 e. The minimum Gasteiger partial charge on any atom is -0.366 e. The second-order valence-electron chi connectivity index (χ2n) is 5.34. The van der Waals surface area contributed by atoms with Gasteiger partial charge in [-0.1, -0.05) is 17.7 Å². The third-order valence-corrected chi connectivity index (χ3v) is 5.67. The quantitative estimate of drug-likeness (QED) is 0.807. The zero-order valence-electron chi connectivity index (χ0n) is 12.6. The van der Waals surface area contributed by atoms with E-state index in [-0.39, 0.29) is 15.8 Å². The van der Waals surface area contributed by atoms with Crippen LogP contribution in [-0.2, 0) is 21.0 Å². The third kappa shape index (κ3) is 4.33. The van der Waals surface area contributed by atoms with Crippen molar-refractivity contribution >= 4 is 21.4 Å². The summed E-state index contributed by atoms with van der Waals surface area (Å²) in [5, 5.41) is 9.44. The number of nitrogens with zero attached hydrogens (tertiary/aromatic N) is 2. The van der Waals surface area contributed by atoms with Gasteiger partial charge in [-0.05, 0) is 44.4 Å². The van der Waals surface area contributed by atoms with Crippen molar-refractivity contribution in [1.29, 1.82) is 0 Å². The Balaban J connectivity index is 2.11. The number of hydrogen-bond acceptors (Lipinski definition) is 7. The number of sulfone groups is 1. The maximum atomic E-state index is 12.4. The Bertz CT molecular complexity index is 731. The van der Waals surface area contributed by atoms with Crippen LogP contribution in [0.25, 0.3) is 0 Å². The lowest BCUT2D eigenvalue weighted by Gasteiger charge is -2.17. The third-order valence-electron chi connectivity index (χ3n) is 2.79. The van der Waals surface area contributed by atoms with E-state index >= 15 is 0 Å². The summed E-state index contributed by atoms with van der Waals surface area (Å²) >= 11 is 0.846. The van der Waals surface area contributed by atoms with Crippen LogP contribution in [0.2, 0.25) is 0 Å². The summed E-state index contributed by atoms with van der Waals surface area (Å²) in [6, 6.07) is 6.60. The monoisotopic (exact) mass is 342 g/mol. The van der Waals surface area contributed by atoms with E-state index in [1.807, 2.05) is 6.92 Å². The molecule has 0 saturated heterocycles. The molecule has 6 nitrogen and oxygen atoms in total. The van der Waals surface area contributed by atoms with Crippen molar-refractivity contribution < 1.29 is 18.3 Å². The van der Waals surface area contributed by atoms with Crippen molar-refractivity contribution in [2.24, 2.45) is 0 Å². The molecule has 0 unspecified atom stereocenters. The SMILES string of the molecule is Cc1ccc(S(=O)(=O)c2nc(CCOC(C)(C)O)ns2)cc1. The Morgan fingerprint density at radius 3 is 2.50 bits per heavy atom. The van der Waals surface area contributed by atoms with Crippen LogP contribution >= 0.6 is 11.5 Å². The molecular formula is C14H18N2O4S2. The highest BCUT2D eigenvalue weighted by molar-refractivity contribution is 7.93. The summed E-state index contributed by atoms with van der Waals surface area (Å²) in [5.41, 5.74) is 0.987. The Kier molecular flexibility index (Phi) is 4.96. The minimum atomic E-state index is -3.63. The highest BCUT2D eigenvalue weighted by Gasteiger charge is 2.23. The van der Waals surface area contributed by atoms with Crippen LogP contribution in [0.5, 0.6) is 0 Å². The summed E-state index contributed by atoms with van der Waals surface area (Å²) in [5.74, 6) is -0.841. The Morgan fingerprint density at radius 2 is 1.91 bits per heavy atom. The molecule has 120 valence electrons. The zero-order valence-corrected chi connectivity index (χ0v) is 14.2. The van der Waals surface area contributed by atoms with Crippen LogP contribution in [0.3, 0.4) is 0 Å². The van der Waals surface area contributed by atoms with Crippen LogP contribution in [-0.4, -0.2) is 35.3 Å². The van der Waals surface area contributed by atoms with Crippen molar-refractivity contribution in [3.8, 4) is 0 Å². The standard InChI is InChI=1S/C14H18N2O4S2/c1-10-4-6-11(7-5-10)22(18,19)13-15-12(16-21-13)8-9-20-14(2,3)17/h4-7,17H,8-9H2,1-3H3. The van der Waals surface area contributed by atoms with Crippen LogP contribution in [0.1, 0.15) is 25.2 Å². The molecule has 0 spiro atoms. The lowest BCUT2D eigenvalue weighted by atomic mass is 10.2. The largest absolute Gasteiger partial charge is 0.366 e. The lowest BCUT2D eigenvalue weighted by Crippen LogP contribution is -2.24. The van der Waals surface area contributed by atoms with Gasteiger partial charge in [-0.3, -0.25) is 0 Å². The molecule has 2 rings (SSSR count). The molecule has 0 aliphatic carbocycles. The van der Waals surface area contributed by atoms with Gasteiger partial charge in [-0.25, -0.2) is 13.4 Å². The van der Waals surface area contributed by atoms with E-state index in [0.29, 0.717) is 12.2 Å². The van der Waals surface area contributed by atoms with E-state index in [1.165, 1.54) is 13.8 Å². The van der Waals surface area contributed by atoms with Crippen molar-refractivity contribution in [2.75, 3.05) is 6.61 Å². The molecule has 22 heavy (non-hydrogen) atoms. The first-order valence-corrected chi connectivity index (χ1v) is 8.95. The summed E-state index contributed by atoms with van der Waals surface area (Å²) in [6.45, 7) is 5.15. The van der Waals surface area contributed by atoms with Gasteiger partial charge >= 0.3 is 0 Å². The summed E-state index contributed by atoms with van der Waals surface area (Å²) in [6.07, 6.45) is 0.337. The van der Waals surface area contributed by atoms with Crippen molar-refractivity contribution in [1.82, 2.24) is 9.36 Å². The van der Waals surface area contributed by atoms with Crippen LogP contribution in [0, 0.1) is 6.92 Å². The highest BCUT2D eigenvalue weighted by Crippen LogP contribution is 2.22. The average molecular weight is 342 g/mol. The summed E-state index contributed by atoms with van der Waals surface area (Å²) in [4.78, 5) is 4.26. The first-order valence-electron chi connectivity index (χ1n) is 6.69. The van der Waals surface area contributed by atoms with E-state index in [9.17, 15) is 13.5 Å². The maximum absolute atomic E-state index is 12.4. The first-order chi connectivity index (χ1) is 10.2. The van der Waals surface area contributed by atoms with Gasteiger partial charge in [0.15, 0.2) is 5.79 Å². The fourth-order valence-corrected chi connectivity index (χ4v) is 3.84. The number of benzene rings is 1. The Labute approximate surface area is 133 Å². The van der Waals surface area contributed by atoms with Gasteiger partial charge in [-0.15, -0.1) is 0 Å². The molecule has 0 bridgehead atoms. The van der Waals surface area contributed by atoms with Crippen LogP contribution in [0.4, 0.5) is 0 Å². The molecule has 8 heteroatoms. The van der Waals surface area contributed by atoms with Crippen molar-refractivity contribution in [3.63, 3.8) is 0 Å². The van der Waals surface area contributed by atoms with E-state index in [0.717, 1.165) is 17.1 Å². The summed E-state index contributed by atoms with van der Waals surface area (Å²) < 4.78 is 34.0. The molecule has 0 fully saturated rings. The van der Waals surface area contributed by atoms with Gasteiger partial charge in [-0.2, -0.15) is 4.37 Å². The maximum Gasteiger partial charge on any atom is 0.235 e. The van der Waals surface area contributed by atoms with Crippen molar-refractivity contribution in [2.45, 2.75) is 42.2 Å². The molecule has 1 heterocycles. The van der Waals surface area contributed by atoms with Crippen molar-refractivity contribution in [3.05, 3.63) is 35.7 Å². The lowest BCUT2D eigenvalue weighted by molar-refractivity contribution is -0.175. The predicted molar refractivity (Wildman–Crippen MR) is 82.5 cm³/mol. The number of aromatic nitrogens is 2. The topological polar surface area (TPSA) is 89.4 Å². The Hall–Kier alpha value is -1.35. The fraction of sp³-hybridized carbons (Fsp3) is 0.429. The number of aliphatic hydroxyl groups is 1. The van der Waals surface area contributed by atoms with Crippen LogP contribution in [0.15, 0.2) is 33.5 Å². The molecule has 0 aliphatic heterocycles. The fourth-order valence-electron chi connectivity index (χ4n) is 1.66. The molecule has 1 aromatic heterocycles. The molecule has 0 radical (unpaired) electrons. The molecular weight excluding hydrogens is 324 g/mol. The zero-order chi connectivity index (χ0) is 16.4. The Morgan fingerprint density at radius 1 is 1.27 bits per heavy atom. The molecule has 2 aromatic rings. The molecule has 0 amide bonds. The molecule has 0 aliphatic rings. The predicted octanol–water partition coefficient (Wildman–Crippen LogP) is 1.97. The van der Waals surface area contributed by atoms with E-state index < -0.39 is 15.6 Å². The van der Waals surface area contributed by atoms with Gasteiger partial charge < -0.3 is 9.84 Å². The van der Waals surface area contributed by atoms with Crippen LogP contribution < -0.4 is 0 Å². The van der Waals surface area contributed by atoms with E-state index in [4.69, 9.17) is 4.74 Å². The van der Waals surface area contributed by atoms with Gasteiger partial charge in [0, 0.05) is 6.42 Å². The second kappa shape index (κ2) is 6.41. The summed E-state index contributed by atoms with van der Waals surface area (Å²) in [7, 11) is -3.63. The van der Waals surface area contributed by atoms with Gasteiger partial charge in [0.25, 0.3) is 0 Å². The number of aryl methyl sites for hydroxylation is 1. The first kappa shape index (κ1) is 17.0. The highest BCUT2D eigenvalue weighted by atomic mass is 32.2. The van der Waals surface area contributed by atoms with E-state index in [1.54, 1.807) is 24.3 Å². The number of rotatable bonds is 6. The minimum absolute atomic E-state index is 0.0328. The normalized spacial score (nSPS) is 12.5. The van der Waals surface area contributed by atoms with Gasteiger partial charge in [0.1, 0.15) is 5.82 Å². The molecule has 1 N–H and O–H groups in total. The molecule has 0 saturated carbocycles. The van der Waals surface area contributed by atoms with Gasteiger partial charge in [0.2, 0.25) is 14.2 Å². The average Bonchev–Trinajstić information content (AvgIpc) is 2.87.